The fourth-order valence-electron chi connectivity index (χ4n) is 2.86. The molecule has 2 aromatic rings. The zero-order valence-electron chi connectivity index (χ0n) is 13.8. The van der Waals surface area contributed by atoms with Crippen LogP contribution in [0.25, 0.3) is 0 Å². The molecule has 3 rings (SSSR count). The molecule has 0 saturated carbocycles. The van der Waals surface area contributed by atoms with Crippen LogP contribution in [0.2, 0.25) is 0 Å². The highest BCUT2D eigenvalue weighted by Crippen LogP contribution is 2.21. The Morgan fingerprint density at radius 2 is 2.08 bits per heavy atom. The zero-order chi connectivity index (χ0) is 17.6. The van der Waals surface area contributed by atoms with Gasteiger partial charge in [-0.25, -0.2) is 4.98 Å². The van der Waals surface area contributed by atoms with E-state index in [9.17, 15) is 14.9 Å². The van der Waals surface area contributed by atoms with Gasteiger partial charge in [0, 0.05) is 36.2 Å². The normalized spacial score (nSPS) is 15.2. The Hall–Kier alpha value is -2.19. The maximum Gasteiger partial charge on any atom is 0.269 e. The van der Waals surface area contributed by atoms with Gasteiger partial charge < -0.3 is 4.98 Å². The molecule has 0 bridgehead atoms. The molecule has 1 aliphatic heterocycles. The van der Waals surface area contributed by atoms with E-state index in [0.717, 1.165) is 18.7 Å². The van der Waals surface area contributed by atoms with Crippen LogP contribution in [0, 0.1) is 10.1 Å². The van der Waals surface area contributed by atoms with Gasteiger partial charge in [0.15, 0.2) is 5.16 Å². The standard InChI is InChI=1S/C17H20N4O3S/c22-16-14(11-20-7-2-1-3-8-20)10-18-17(19-16)25-12-13-5-4-6-15(9-13)21(23)24/h4-6,9-10H,1-3,7-8,11-12H2,(H,18,19,22). The lowest BCUT2D eigenvalue weighted by Crippen LogP contribution is -2.31. The van der Waals surface area contributed by atoms with Crippen LogP contribution >= 0.6 is 11.8 Å². The first-order valence-corrected chi connectivity index (χ1v) is 9.27. The second-order valence-electron chi connectivity index (χ2n) is 6.10. The minimum atomic E-state index is -0.413. The van der Waals surface area contributed by atoms with Gasteiger partial charge in [0.25, 0.3) is 11.2 Å². The second-order valence-corrected chi connectivity index (χ2v) is 7.06. The van der Waals surface area contributed by atoms with Gasteiger partial charge in [-0.3, -0.25) is 19.8 Å². The van der Waals surface area contributed by atoms with Gasteiger partial charge >= 0.3 is 0 Å². The average Bonchev–Trinajstić information content (AvgIpc) is 2.63. The number of nitro groups is 1. The number of non-ortho nitro benzene ring substituents is 1. The Bertz CT molecular complexity index is 802. The summed E-state index contributed by atoms with van der Waals surface area (Å²) in [4.78, 5) is 32.1. The van der Waals surface area contributed by atoms with Crippen molar-refractivity contribution in [3.8, 4) is 0 Å². The summed E-state index contributed by atoms with van der Waals surface area (Å²) in [5.41, 5.74) is 1.46. The minimum Gasteiger partial charge on any atom is -0.301 e. The summed E-state index contributed by atoms with van der Waals surface area (Å²) in [6.07, 6.45) is 5.27. The third kappa shape index (κ3) is 4.90. The Kier molecular flexibility index (Phi) is 5.83. The van der Waals surface area contributed by atoms with Crippen molar-refractivity contribution in [2.75, 3.05) is 13.1 Å². The molecule has 0 amide bonds. The van der Waals surface area contributed by atoms with E-state index in [1.807, 2.05) is 6.07 Å². The number of hydrogen-bond donors (Lipinski definition) is 1. The van der Waals surface area contributed by atoms with Crippen molar-refractivity contribution in [2.45, 2.75) is 36.7 Å². The molecule has 1 aliphatic rings. The van der Waals surface area contributed by atoms with Gasteiger partial charge in [0.2, 0.25) is 0 Å². The number of thioether (sulfide) groups is 1. The van der Waals surface area contributed by atoms with Crippen LogP contribution in [-0.2, 0) is 12.3 Å². The summed E-state index contributed by atoms with van der Waals surface area (Å²) >= 11 is 1.36. The van der Waals surface area contributed by atoms with E-state index in [1.165, 1.54) is 43.2 Å². The Labute approximate surface area is 149 Å². The van der Waals surface area contributed by atoms with Crippen LogP contribution in [0.15, 0.2) is 40.4 Å². The molecule has 0 aliphatic carbocycles. The van der Waals surface area contributed by atoms with Crippen molar-refractivity contribution in [3.05, 3.63) is 62.1 Å². The molecule has 7 nitrogen and oxygen atoms in total. The van der Waals surface area contributed by atoms with Crippen LogP contribution in [0.5, 0.6) is 0 Å². The molecular weight excluding hydrogens is 340 g/mol. The van der Waals surface area contributed by atoms with Crippen LogP contribution in [0.4, 0.5) is 5.69 Å². The lowest BCUT2D eigenvalue weighted by molar-refractivity contribution is -0.384. The lowest BCUT2D eigenvalue weighted by Gasteiger charge is -2.25. The van der Waals surface area contributed by atoms with Crippen molar-refractivity contribution in [3.63, 3.8) is 0 Å². The Morgan fingerprint density at radius 3 is 2.80 bits per heavy atom. The van der Waals surface area contributed by atoms with Gasteiger partial charge in [-0.1, -0.05) is 30.3 Å². The van der Waals surface area contributed by atoms with Gasteiger partial charge in [0.05, 0.1) is 4.92 Å². The van der Waals surface area contributed by atoms with Gasteiger partial charge in [-0.2, -0.15) is 0 Å². The van der Waals surface area contributed by atoms with Crippen molar-refractivity contribution in [1.82, 2.24) is 14.9 Å². The first-order chi connectivity index (χ1) is 12.1. The second kappa shape index (κ2) is 8.26. The quantitative estimate of drug-likeness (QED) is 0.368. The van der Waals surface area contributed by atoms with E-state index in [1.54, 1.807) is 12.3 Å². The summed E-state index contributed by atoms with van der Waals surface area (Å²) in [6, 6.07) is 6.48. The first kappa shape index (κ1) is 17.6. The Morgan fingerprint density at radius 1 is 1.28 bits per heavy atom. The number of piperidine rings is 1. The molecule has 25 heavy (non-hydrogen) atoms. The number of aromatic amines is 1. The summed E-state index contributed by atoms with van der Waals surface area (Å²) in [5, 5.41) is 11.3. The molecule has 132 valence electrons. The predicted molar refractivity (Wildman–Crippen MR) is 96.6 cm³/mol. The molecule has 1 N–H and O–H groups in total. The van der Waals surface area contributed by atoms with Crippen LogP contribution in [0.3, 0.4) is 0 Å². The number of benzene rings is 1. The topological polar surface area (TPSA) is 92.1 Å². The molecule has 0 radical (unpaired) electrons. The molecule has 2 heterocycles. The summed E-state index contributed by atoms with van der Waals surface area (Å²) in [7, 11) is 0. The fourth-order valence-corrected chi connectivity index (χ4v) is 3.64. The molecule has 1 fully saturated rings. The molecule has 8 heteroatoms. The fraction of sp³-hybridized carbons (Fsp3) is 0.412. The number of H-pyrrole nitrogens is 1. The molecular formula is C17H20N4O3S. The van der Waals surface area contributed by atoms with E-state index in [-0.39, 0.29) is 11.2 Å². The zero-order valence-corrected chi connectivity index (χ0v) is 14.6. The number of nitrogens with one attached hydrogen (secondary N) is 1. The maximum atomic E-state index is 12.2. The largest absolute Gasteiger partial charge is 0.301 e. The minimum absolute atomic E-state index is 0.0661. The van der Waals surface area contributed by atoms with Crippen molar-refractivity contribution >= 4 is 17.4 Å². The SMILES string of the molecule is O=c1[nH]c(SCc2cccc([N+](=O)[O-])c2)ncc1CN1CCCCC1. The van der Waals surface area contributed by atoms with Gasteiger partial charge in [-0.05, 0) is 31.5 Å². The number of hydrogen-bond acceptors (Lipinski definition) is 6. The third-order valence-corrected chi connectivity index (χ3v) is 5.15. The van der Waals surface area contributed by atoms with E-state index in [2.05, 4.69) is 14.9 Å². The maximum absolute atomic E-state index is 12.2. The van der Waals surface area contributed by atoms with E-state index >= 15 is 0 Å². The van der Waals surface area contributed by atoms with Gasteiger partial charge in [0.1, 0.15) is 0 Å². The van der Waals surface area contributed by atoms with Crippen LogP contribution in [-0.4, -0.2) is 32.9 Å². The smallest absolute Gasteiger partial charge is 0.269 e. The molecule has 0 unspecified atom stereocenters. The summed E-state index contributed by atoms with van der Waals surface area (Å²) < 4.78 is 0. The third-order valence-electron chi connectivity index (χ3n) is 4.19. The number of nitro benzene ring substituents is 1. The summed E-state index contributed by atoms with van der Waals surface area (Å²) in [6.45, 7) is 2.70. The molecule has 0 spiro atoms. The van der Waals surface area contributed by atoms with Crippen molar-refractivity contribution in [1.29, 1.82) is 0 Å². The molecule has 0 atom stereocenters. The summed E-state index contributed by atoms with van der Waals surface area (Å²) in [5.74, 6) is 0.510. The highest BCUT2D eigenvalue weighted by atomic mass is 32.2. The number of likely N-dealkylation sites (tertiary alicyclic amines) is 1. The van der Waals surface area contributed by atoms with Crippen LogP contribution < -0.4 is 5.56 Å². The monoisotopic (exact) mass is 360 g/mol. The first-order valence-electron chi connectivity index (χ1n) is 8.28. The highest BCUT2D eigenvalue weighted by Gasteiger charge is 2.13. The number of nitrogens with zero attached hydrogens (tertiary/aromatic N) is 3. The van der Waals surface area contributed by atoms with Crippen LogP contribution in [0.1, 0.15) is 30.4 Å². The molecule has 1 aromatic heterocycles. The molecule has 1 aromatic carbocycles. The molecule has 1 saturated heterocycles. The number of aromatic nitrogens is 2. The average molecular weight is 360 g/mol. The van der Waals surface area contributed by atoms with E-state index in [4.69, 9.17) is 0 Å². The van der Waals surface area contributed by atoms with Crippen molar-refractivity contribution in [2.24, 2.45) is 0 Å². The lowest BCUT2D eigenvalue weighted by atomic mass is 10.1. The number of rotatable bonds is 6. The van der Waals surface area contributed by atoms with Gasteiger partial charge in [-0.15, -0.1) is 0 Å². The Balaban J connectivity index is 1.62. The van der Waals surface area contributed by atoms with Crippen molar-refractivity contribution < 1.29 is 4.92 Å². The highest BCUT2D eigenvalue weighted by molar-refractivity contribution is 7.98. The predicted octanol–water partition coefficient (Wildman–Crippen LogP) is 2.96. The van der Waals surface area contributed by atoms with E-state index in [0.29, 0.717) is 23.0 Å². The van der Waals surface area contributed by atoms with E-state index < -0.39 is 4.92 Å².